The van der Waals surface area contributed by atoms with Crippen LogP contribution in [0.5, 0.6) is 0 Å². The molecule has 3 N–H and O–H groups in total. The number of hydrogen-bond donors (Lipinski definition) is 2. The minimum Gasteiger partial charge on any atom is -0.326 e. The maximum Gasteiger partial charge on any atom is 0.224 e. The Kier molecular flexibility index (Phi) is 4.90. The van der Waals surface area contributed by atoms with E-state index in [9.17, 15) is 4.79 Å². The molecule has 0 aliphatic carbocycles. The zero-order valence-electron chi connectivity index (χ0n) is 11.7. The molecule has 0 radical (unpaired) electrons. The Morgan fingerprint density at radius 2 is 2.20 bits per heavy atom. The number of nitrogens with one attached hydrogen (secondary N) is 1. The highest BCUT2D eigenvalue weighted by molar-refractivity contribution is 5.91. The number of aryl methyl sites for hydroxylation is 2. The summed E-state index contributed by atoms with van der Waals surface area (Å²) in [6, 6.07) is 7.60. The SMILES string of the molecule is Cc1cnn(CCCC(=O)Nc2ccccc2CN)c1. The average molecular weight is 272 g/mol. The van der Waals surface area contributed by atoms with Crippen molar-refractivity contribution in [3.63, 3.8) is 0 Å². The zero-order valence-corrected chi connectivity index (χ0v) is 11.7. The van der Waals surface area contributed by atoms with Crippen molar-refractivity contribution in [1.82, 2.24) is 9.78 Å². The van der Waals surface area contributed by atoms with Gasteiger partial charge in [-0.3, -0.25) is 9.48 Å². The number of para-hydroxylation sites is 1. The van der Waals surface area contributed by atoms with Crippen molar-refractivity contribution in [2.24, 2.45) is 5.73 Å². The number of amides is 1. The van der Waals surface area contributed by atoms with Gasteiger partial charge >= 0.3 is 0 Å². The second-order valence-corrected chi connectivity index (χ2v) is 4.79. The minimum absolute atomic E-state index is 0.00905. The minimum atomic E-state index is 0.00905. The second-order valence-electron chi connectivity index (χ2n) is 4.79. The molecule has 0 aliphatic rings. The standard InChI is InChI=1S/C15H20N4O/c1-12-10-17-19(11-12)8-4-7-15(20)18-14-6-3-2-5-13(14)9-16/h2-3,5-6,10-11H,4,7-9,16H2,1H3,(H,18,20). The third kappa shape index (κ3) is 3.93. The predicted octanol–water partition coefficient (Wildman–Crippen LogP) is 2.07. The fraction of sp³-hybridized carbons (Fsp3) is 0.333. The van der Waals surface area contributed by atoms with Gasteiger partial charge in [0.15, 0.2) is 0 Å². The van der Waals surface area contributed by atoms with Gasteiger partial charge in [0, 0.05) is 31.4 Å². The van der Waals surface area contributed by atoms with Gasteiger partial charge in [-0.1, -0.05) is 18.2 Å². The summed E-state index contributed by atoms with van der Waals surface area (Å²) in [6.45, 7) is 3.17. The molecule has 1 heterocycles. The Balaban J connectivity index is 1.80. The van der Waals surface area contributed by atoms with Crippen molar-refractivity contribution >= 4 is 11.6 Å². The second kappa shape index (κ2) is 6.86. The molecular formula is C15H20N4O. The first-order valence-corrected chi connectivity index (χ1v) is 6.76. The number of hydrogen-bond acceptors (Lipinski definition) is 3. The quantitative estimate of drug-likeness (QED) is 0.845. The highest BCUT2D eigenvalue weighted by atomic mass is 16.1. The lowest BCUT2D eigenvalue weighted by molar-refractivity contribution is -0.116. The monoisotopic (exact) mass is 272 g/mol. The molecule has 0 fully saturated rings. The fourth-order valence-electron chi connectivity index (χ4n) is 2.02. The lowest BCUT2D eigenvalue weighted by atomic mass is 10.1. The molecule has 5 heteroatoms. The van der Waals surface area contributed by atoms with Crippen LogP contribution in [0, 0.1) is 6.92 Å². The first-order valence-electron chi connectivity index (χ1n) is 6.76. The maximum absolute atomic E-state index is 11.9. The first kappa shape index (κ1) is 14.3. The van der Waals surface area contributed by atoms with E-state index in [0.717, 1.165) is 29.8 Å². The van der Waals surface area contributed by atoms with Crippen molar-refractivity contribution in [2.75, 3.05) is 5.32 Å². The molecule has 0 saturated carbocycles. The number of aromatic nitrogens is 2. The van der Waals surface area contributed by atoms with Crippen LogP contribution < -0.4 is 11.1 Å². The number of anilines is 1. The van der Waals surface area contributed by atoms with Crippen LogP contribution in [0.4, 0.5) is 5.69 Å². The van der Waals surface area contributed by atoms with Gasteiger partial charge < -0.3 is 11.1 Å². The van der Waals surface area contributed by atoms with Crippen molar-refractivity contribution in [3.05, 3.63) is 47.8 Å². The molecular weight excluding hydrogens is 252 g/mol. The molecule has 2 rings (SSSR count). The molecule has 0 spiro atoms. The predicted molar refractivity (Wildman–Crippen MR) is 79.2 cm³/mol. The Morgan fingerprint density at radius 1 is 1.40 bits per heavy atom. The summed E-state index contributed by atoms with van der Waals surface area (Å²) < 4.78 is 1.86. The molecule has 5 nitrogen and oxygen atoms in total. The summed E-state index contributed by atoms with van der Waals surface area (Å²) in [5.74, 6) is 0.00905. The summed E-state index contributed by atoms with van der Waals surface area (Å²) in [5.41, 5.74) is 8.52. The number of nitrogens with zero attached hydrogens (tertiary/aromatic N) is 2. The molecule has 1 amide bonds. The molecule has 0 bridgehead atoms. The van der Waals surface area contributed by atoms with Gasteiger partial charge in [-0.2, -0.15) is 5.10 Å². The van der Waals surface area contributed by atoms with Crippen molar-refractivity contribution < 1.29 is 4.79 Å². The normalized spacial score (nSPS) is 10.5. The molecule has 0 unspecified atom stereocenters. The van der Waals surface area contributed by atoms with E-state index in [2.05, 4.69) is 10.4 Å². The average Bonchev–Trinajstić information content (AvgIpc) is 2.85. The van der Waals surface area contributed by atoms with Gasteiger partial charge in [-0.05, 0) is 30.5 Å². The van der Waals surface area contributed by atoms with E-state index < -0.39 is 0 Å². The Bertz CT molecular complexity index is 577. The largest absolute Gasteiger partial charge is 0.326 e. The zero-order chi connectivity index (χ0) is 14.4. The molecule has 106 valence electrons. The van der Waals surface area contributed by atoms with Crippen LogP contribution in [0.1, 0.15) is 24.0 Å². The smallest absolute Gasteiger partial charge is 0.224 e. The van der Waals surface area contributed by atoms with Gasteiger partial charge in [0.05, 0.1) is 6.20 Å². The van der Waals surface area contributed by atoms with Gasteiger partial charge in [-0.15, -0.1) is 0 Å². The summed E-state index contributed by atoms with van der Waals surface area (Å²) in [4.78, 5) is 11.9. The number of carbonyl (C=O) groups excluding carboxylic acids is 1. The summed E-state index contributed by atoms with van der Waals surface area (Å²) in [6.07, 6.45) is 5.02. The third-order valence-electron chi connectivity index (χ3n) is 3.06. The lowest BCUT2D eigenvalue weighted by Gasteiger charge is -2.09. The molecule has 1 aromatic heterocycles. The third-order valence-corrected chi connectivity index (χ3v) is 3.06. The highest BCUT2D eigenvalue weighted by Gasteiger charge is 2.05. The van der Waals surface area contributed by atoms with Crippen molar-refractivity contribution in [3.8, 4) is 0 Å². The number of rotatable bonds is 6. The topological polar surface area (TPSA) is 72.9 Å². The summed E-state index contributed by atoms with van der Waals surface area (Å²) in [7, 11) is 0. The van der Waals surface area contributed by atoms with Crippen LogP contribution in [0.15, 0.2) is 36.7 Å². The molecule has 0 aliphatic heterocycles. The van der Waals surface area contributed by atoms with Gasteiger partial charge in [0.1, 0.15) is 0 Å². The van der Waals surface area contributed by atoms with E-state index in [1.54, 1.807) is 0 Å². The molecule has 0 saturated heterocycles. The van der Waals surface area contributed by atoms with E-state index in [0.29, 0.717) is 13.0 Å². The molecule has 20 heavy (non-hydrogen) atoms. The van der Waals surface area contributed by atoms with Crippen LogP contribution in [-0.4, -0.2) is 15.7 Å². The number of nitrogens with two attached hydrogens (primary N) is 1. The first-order chi connectivity index (χ1) is 9.69. The van der Waals surface area contributed by atoms with E-state index >= 15 is 0 Å². The van der Waals surface area contributed by atoms with E-state index in [-0.39, 0.29) is 5.91 Å². The number of benzene rings is 1. The van der Waals surface area contributed by atoms with Crippen molar-refractivity contribution in [2.45, 2.75) is 32.9 Å². The van der Waals surface area contributed by atoms with Crippen LogP contribution in [0.2, 0.25) is 0 Å². The van der Waals surface area contributed by atoms with Crippen molar-refractivity contribution in [1.29, 1.82) is 0 Å². The summed E-state index contributed by atoms with van der Waals surface area (Å²) in [5, 5.41) is 7.10. The van der Waals surface area contributed by atoms with E-state index in [4.69, 9.17) is 5.73 Å². The fourth-order valence-corrected chi connectivity index (χ4v) is 2.02. The number of carbonyl (C=O) groups is 1. The van der Waals surface area contributed by atoms with E-state index in [1.807, 2.05) is 48.3 Å². The lowest BCUT2D eigenvalue weighted by Crippen LogP contribution is -2.14. The molecule has 0 atom stereocenters. The van der Waals surface area contributed by atoms with Crippen LogP contribution in [0.25, 0.3) is 0 Å². The Labute approximate surface area is 118 Å². The van der Waals surface area contributed by atoms with Gasteiger partial charge in [0.2, 0.25) is 5.91 Å². The molecule has 2 aromatic rings. The van der Waals surface area contributed by atoms with Crippen LogP contribution in [-0.2, 0) is 17.9 Å². The van der Waals surface area contributed by atoms with Gasteiger partial charge in [-0.25, -0.2) is 0 Å². The van der Waals surface area contributed by atoms with E-state index in [1.165, 1.54) is 0 Å². The van der Waals surface area contributed by atoms with Crippen LogP contribution in [0.3, 0.4) is 0 Å². The van der Waals surface area contributed by atoms with Gasteiger partial charge in [0.25, 0.3) is 0 Å². The summed E-state index contributed by atoms with van der Waals surface area (Å²) >= 11 is 0. The highest BCUT2D eigenvalue weighted by Crippen LogP contribution is 2.14. The Morgan fingerprint density at radius 3 is 2.90 bits per heavy atom. The maximum atomic E-state index is 11.9. The Hall–Kier alpha value is -2.14. The molecule has 1 aromatic carbocycles. The van der Waals surface area contributed by atoms with Crippen LogP contribution >= 0.6 is 0 Å².